The van der Waals surface area contributed by atoms with E-state index in [1.54, 1.807) is 6.08 Å². The molecule has 0 spiro atoms. The lowest BCUT2D eigenvalue weighted by molar-refractivity contribution is -0.130. The number of rotatable bonds is 7. The number of ketones is 3. The Kier molecular flexibility index (Phi) is 7.38. The van der Waals surface area contributed by atoms with E-state index < -0.39 is 23.4 Å². The molecule has 40 heavy (non-hydrogen) atoms. The average molecular weight is 547 g/mol. The zero-order valence-electron chi connectivity index (χ0n) is 24.2. The predicted octanol–water partition coefficient (Wildman–Crippen LogP) is 6.44. The van der Waals surface area contributed by atoms with Crippen molar-refractivity contribution in [2.24, 2.45) is 11.8 Å². The smallest absolute Gasteiger partial charge is 0.199 e. The van der Waals surface area contributed by atoms with Crippen molar-refractivity contribution in [1.29, 1.82) is 0 Å². The third-order valence-corrected chi connectivity index (χ3v) is 8.32. The van der Waals surface area contributed by atoms with Gasteiger partial charge in [-0.3, -0.25) is 14.4 Å². The van der Waals surface area contributed by atoms with Crippen LogP contribution in [-0.4, -0.2) is 41.3 Å². The number of allylic oxidation sites excluding steroid dienone is 4. The Balaban J connectivity index is 1.65. The molecule has 0 saturated heterocycles. The number of ether oxygens (including phenoxy) is 3. The number of phenolic OH excluding ortho intramolecular Hbond substituents is 1. The molecule has 0 aromatic heterocycles. The summed E-state index contributed by atoms with van der Waals surface area (Å²) >= 11 is 0. The number of hydrogen-bond acceptors (Lipinski definition) is 7. The van der Waals surface area contributed by atoms with Gasteiger partial charge in [-0.25, -0.2) is 0 Å². The van der Waals surface area contributed by atoms with Gasteiger partial charge in [-0.15, -0.1) is 0 Å². The maximum absolute atomic E-state index is 14.2. The lowest BCUT2D eigenvalue weighted by atomic mass is 9.70. The van der Waals surface area contributed by atoms with Gasteiger partial charge in [0.2, 0.25) is 0 Å². The maximum Gasteiger partial charge on any atom is 0.199 e. The number of carbonyl (C=O) groups is 3. The fourth-order valence-electron chi connectivity index (χ4n) is 6.30. The van der Waals surface area contributed by atoms with Crippen LogP contribution in [0.5, 0.6) is 17.2 Å². The number of methoxy groups -OCH3 is 1. The zero-order valence-corrected chi connectivity index (χ0v) is 24.2. The third kappa shape index (κ3) is 4.74. The van der Waals surface area contributed by atoms with Gasteiger partial charge in [0.15, 0.2) is 23.1 Å². The van der Waals surface area contributed by atoms with E-state index in [4.69, 9.17) is 14.2 Å². The number of benzene rings is 1. The van der Waals surface area contributed by atoms with Crippen LogP contribution in [0, 0.1) is 11.8 Å². The van der Waals surface area contributed by atoms with Crippen molar-refractivity contribution in [3.8, 4) is 17.2 Å². The van der Waals surface area contributed by atoms with Crippen LogP contribution in [0.15, 0.2) is 46.3 Å². The van der Waals surface area contributed by atoms with E-state index in [1.165, 1.54) is 18.7 Å². The van der Waals surface area contributed by atoms with Gasteiger partial charge in [-0.05, 0) is 89.9 Å². The summed E-state index contributed by atoms with van der Waals surface area (Å²) in [4.78, 5) is 42.3. The molecule has 0 saturated carbocycles. The van der Waals surface area contributed by atoms with Crippen molar-refractivity contribution < 1.29 is 33.7 Å². The molecule has 1 aromatic carbocycles. The zero-order chi connectivity index (χ0) is 28.9. The van der Waals surface area contributed by atoms with Gasteiger partial charge in [0.25, 0.3) is 0 Å². The molecule has 5 rings (SSSR count). The highest BCUT2D eigenvalue weighted by Gasteiger charge is 2.50. The summed E-state index contributed by atoms with van der Waals surface area (Å²) in [5.74, 6) is -2.01. The molecule has 0 unspecified atom stereocenters. The first-order valence-corrected chi connectivity index (χ1v) is 14.2. The Hall–Kier alpha value is -3.45. The molecule has 3 atom stereocenters. The molecule has 7 nitrogen and oxygen atoms in total. The standard InChI is InChI=1S/C33H38O7/c1-17(2)10-9-11-18(3)30(38-6)29(37)26-27(35)20-13-8-7-12-19(20)24-28(36)25-22(34)16-23-21(31(25)39-32(24)26)14-15-33(4,5)40-23/h10,14-16,18,24,30,34H,7-9,11-13H2,1-6H3/t18-,24-,30+/m0/s1. The number of Topliss-reactive ketones (excluding diaryl/α,β-unsaturated/α-hetero) is 3. The number of hydrogen-bond donors (Lipinski definition) is 1. The molecule has 0 radical (unpaired) electrons. The topological polar surface area (TPSA) is 99.1 Å². The van der Waals surface area contributed by atoms with E-state index in [-0.39, 0.29) is 45.9 Å². The Bertz CT molecular complexity index is 1410. The van der Waals surface area contributed by atoms with Gasteiger partial charge in [0.1, 0.15) is 46.0 Å². The number of aromatic hydroxyl groups is 1. The number of carbonyl (C=O) groups excluding carboxylic acids is 3. The van der Waals surface area contributed by atoms with E-state index in [9.17, 15) is 19.5 Å². The predicted molar refractivity (Wildman–Crippen MR) is 151 cm³/mol. The minimum absolute atomic E-state index is 0.0532. The van der Waals surface area contributed by atoms with Crippen molar-refractivity contribution in [2.45, 2.75) is 84.8 Å². The maximum atomic E-state index is 14.2. The fourth-order valence-corrected chi connectivity index (χ4v) is 6.30. The molecule has 1 aromatic rings. The van der Waals surface area contributed by atoms with Crippen LogP contribution in [-0.2, 0) is 14.3 Å². The fraction of sp³-hybridized carbons (Fsp3) is 0.485. The molecule has 0 fully saturated rings. The van der Waals surface area contributed by atoms with Crippen LogP contribution in [0.25, 0.3) is 6.08 Å². The van der Waals surface area contributed by atoms with E-state index in [0.29, 0.717) is 41.7 Å². The first-order chi connectivity index (χ1) is 18.9. The van der Waals surface area contributed by atoms with E-state index in [1.807, 2.05) is 40.7 Å². The largest absolute Gasteiger partial charge is 0.507 e. The second-order valence-corrected chi connectivity index (χ2v) is 12.1. The summed E-state index contributed by atoms with van der Waals surface area (Å²) in [6.07, 6.45) is 9.08. The molecule has 4 aliphatic rings. The monoisotopic (exact) mass is 546 g/mol. The highest BCUT2D eigenvalue weighted by molar-refractivity contribution is 6.30. The van der Waals surface area contributed by atoms with Gasteiger partial charge in [-0.2, -0.15) is 0 Å². The van der Waals surface area contributed by atoms with Crippen LogP contribution < -0.4 is 9.47 Å². The number of fused-ring (bicyclic) bond motifs is 5. The summed E-state index contributed by atoms with van der Waals surface area (Å²) in [7, 11) is 1.47. The van der Waals surface area contributed by atoms with Gasteiger partial charge >= 0.3 is 0 Å². The molecule has 2 heterocycles. The Morgan fingerprint density at radius 2 is 1.95 bits per heavy atom. The van der Waals surface area contributed by atoms with Gasteiger partial charge in [0.05, 0.1) is 5.56 Å². The average Bonchev–Trinajstić information content (AvgIpc) is 2.88. The minimum atomic E-state index is -0.924. The van der Waals surface area contributed by atoms with Crippen molar-refractivity contribution in [3.63, 3.8) is 0 Å². The summed E-state index contributed by atoms with van der Waals surface area (Å²) in [5.41, 5.74) is 2.24. The highest BCUT2D eigenvalue weighted by Crippen LogP contribution is 2.52. The lowest BCUT2D eigenvalue weighted by Gasteiger charge is -2.38. The van der Waals surface area contributed by atoms with Crippen LogP contribution in [0.1, 0.15) is 89.1 Å². The van der Waals surface area contributed by atoms with E-state index >= 15 is 0 Å². The molecule has 7 heteroatoms. The molecule has 2 aliphatic carbocycles. The van der Waals surface area contributed by atoms with Crippen molar-refractivity contribution in [2.75, 3.05) is 7.11 Å². The van der Waals surface area contributed by atoms with Crippen LogP contribution in [0.3, 0.4) is 0 Å². The summed E-state index contributed by atoms with van der Waals surface area (Å²) in [5, 5.41) is 11.0. The normalized spacial score (nSPS) is 22.3. The summed E-state index contributed by atoms with van der Waals surface area (Å²) in [6, 6.07) is 1.45. The lowest BCUT2D eigenvalue weighted by Crippen LogP contribution is -2.42. The molecular weight excluding hydrogens is 508 g/mol. The van der Waals surface area contributed by atoms with E-state index in [2.05, 4.69) is 6.08 Å². The van der Waals surface area contributed by atoms with Crippen molar-refractivity contribution >= 4 is 23.4 Å². The third-order valence-electron chi connectivity index (χ3n) is 8.32. The van der Waals surface area contributed by atoms with Gasteiger partial charge in [0, 0.05) is 18.7 Å². The second-order valence-electron chi connectivity index (χ2n) is 12.1. The first kappa shape index (κ1) is 28.1. The van der Waals surface area contributed by atoms with Crippen LogP contribution in [0.4, 0.5) is 0 Å². The second kappa shape index (κ2) is 10.5. The summed E-state index contributed by atoms with van der Waals surface area (Å²) < 4.78 is 18.2. The molecule has 0 amide bonds. The molecule has 212 valence electrons. The Morgan fingerprint density at radius 1 is 1.23 bits per heavy atom. The first-order valence-electron chi connectivity index (χ1n) is 14.2. The quantitative estimate of drug-likeness (QED) is 0.310. The minimum Gasteiger partial charge on any atom is -0.507 e. The SMILES string of the molecule is CO[C@@H](C(=O)C1=C2Oc3c4c(cc(O)c3C(=O)[C@@H]2C2=C(CCCC2)C1=O)OC(C)(C)C=C4)[C@@H](C)CCC=C(C)C. The van der Waals surface area contributed by atoms with Crippen molar-refractivity contribution in [3.05, 3.63) is 57.4 Å². The molecule has 2 aliphatic heterocycles. The van der Waals surface area contributed by atoms with Crippen LogP contribution >= 0.6 is 0 Å². The Morgan fingerprint density at radius 3 is 2.65 bits per heavy atom. The summed E-state index contributed by atoms with van der Waals surface area (Å²) in [6.45, 7) is 9.75. The van der Waals surface area contributed by atoms with Crippen molar-refractivity contribution in [1.82, 2.24) is 0 Å². The van der Waals surface area contributed by atoms with E-state index in [0.717, 1.165) is 19.3 Å². The molecule has 0 bridgehead atoms. The van der Waals surface area contributed by atoms with Gasteiger partial charge < -0.3 is 19.3 Å². The Labute approximate surface area is 235 Å². The van der Waals surface area contributed by atoms with Crippen LogP contribution in [0.2, 0.25) is 0 Å². The van der Waals surface area contributed by atoms with Gasteiger partial charge in [-0.1, -0.05) is 18.6 Å². The molecule has 1 N–H and O–H groups in total. The molecular formula is C33H38O7. The highest BCUT2D eigenvalue weighted by atomic mass is 16.5. The number of phenols is 1.